The molecule has 0 saturated carbocycles. The highest BCUT2D eigenvalue weighted by Crippen LogP contribution is 2.43. The Morgan fingerprint density at radius 1 is 1.08 bits per heavy atom. The molecule has 2 aromatic carbocycles. The minimum Gasteiger partial charge on any atom is -0.493 e. The summed E-state index contributed by atoms with van der Waals surface area (Å²) in [6.45, 7) is 4.48. The Balaban J connectivity index is 2.55. The van der Waals surface area contributed by atoms with Gasteiger partial charge in [0, 0.05) is 5.56 Å². The lowest BCUT2D eigenvalue weighted by Crippen LogP contribution is -2.11. The Kier molecular flexibility index (Phi) is 7.34. The lowest BCUT2D eigenvalue weighted by molar-refractivity contribution is 0.103. The van der Waals surface area contributed by atoms with Crippen molar-refractivity contribution in [2.24, 2.45) is 0 Å². The molecule has 4 nitrogen and oxygen atoms in total. The SMILES string of the molecule is CCCCCOc1c(OC)c(OC)cc(C)c1C(=O)c1ccccc1Cl. The van der Waals surface area contributed by atoms with Gasteiger partial charge in [0.25, 0.3) is 0 Å². The van der Waals surface area contributed by atoms with E-state index >= 15 is 0 Å². The summed E-state index contributed by atoms with van der Waals surface area (Å²) in [5.41, 5.74) is 1.63. The Hall–Kier alpha value is -2.20. The highest BCUT2D eigenvalue weighted by molar-refractivity contribution is 6.35. The molecule has 0 aliphatic rings. The zero-order valence-electron chi connectivity index (χ0n) is 15.7. The van der Waals surface area contributed by atoms with Crippen LogP contribution in [0.2, 0.25) is 5.02 Å². The van der Waals surface area contributed by atoms with Gasteiger partial charge in [-0.2, -0.15) is 0 Å². The monoisotopic (exact) mass is 376 g/mol. The van der Waals surface area contributed by atoms with E-state index in [1.165, 1.54) is 7.11 Å². The van der Waals surface area contributed by atoms with Crippen molar-refractivity contribution < 1.29 is 19.0 Å². The second kappa shape index (κ2) is 9.48. The Labute approximate surface area is 160 Å². The normalized spacial score (nSPS) is 10.5. The minimum absolute atomic E-state index is 0.195. The molecule has 2 aromatic rings. The van der Waals surface area contributed by atoms with Crippen molar-refractivity contribution in [3.05, 3.63) is 52.0 Å². The third-order valence-electron chi connectivity index (χ3n) is 4.16. The molecular formula is C21H25ClO4. The second-order valence-corrected chi connectivity index (χ2v) is 6.40. The van der Waals surface area contributed by atoms with Crippen LogP contribution in [0, 0.1) is 6.92 Å². The van der Waals surface area contributed by atoms with Gasteiger partial charge >= 0.3 is 0 Å². The first-order valence-electron chi connectivity index (χ1n) is 8.72. The molecule has 0 atom stereocenters. The number of aryl methyl sites for hydroxylation is 1. The number of unbranched alkanes of at least 4 members (excludes halogenated alkanes) is 2. The number of ether oxygens (including phenoxy) is 3. The highest BCUT2D eigenvalue weighted by Gasteiger charge is 2.26. The number of hydrogen-bond acceptors (Lipinski definition) is 4. The number of hydrogen-bond donors (Lipinski definition) is 0. The number of carbonyl (C=O) groups excluding carboxylic acids is 1. The molecule has 0 aliphatic heterocycles. The van der Waals surface area contributed by atoms with E-state index in [4.69, 9.17) is 25.8 Å². The van der Waals surface area contributed by atoms with Crippen LogP contribution >= 0.6 is 11.6 Å². The van der Waals surface area contributed by atoms with Gasteiger partial charge < -0.3 is 14.2 Å². The fraction of sp³-hybridized carbons (Fsp3) is 0.381. The van der Waals surface area contributed by atoms with E-state index in [-0.39, 0.29) is 5.78 Å². The van der Waals surface area contributed by atoms with Crippen LogP contribution in [0.15, 0.2) is 30.3 Å². The van der Waals surface area contributed by atoms with Gasteiger partial charge in [-0.05, 0) is 37.1 Å². The molecule has 0 radical (unpaired) electrons. The number of rotatable bonds is 9. The van der Waals surface area contributed by atoms with Crippen molar-refractivity contribution in [3.63, 3.8) is 0 Å². The maximum Gasteiger partial charge on any atom is 0.204 e. The molecule has 0 saturated heterocycles. The average molecular weight is 377 g/mol. The molecule has 0 N–H and O–H groups in total. The van der Waals surface area contributed by atoms with Crippen LogP contribution < -0.4 is 14.2 Å². The van der Waals surface area contributed by atoms with Gasteiger partial charge in [0.15, 0.2) is 17.3 Å². The standard InChI is InChI=1S/C21H25ClO4/c1-5-6-9-12-26-21-18(14(2)13-17(24-3)20(21)25-4)19(23)15-10-7-8-11-16(15)22/h7-8,10-11,13H,5-6,9,12H2,1-4H3. The van der Waals surface area contributed by atoms with Gasteiger partial charge in [0.05, 0.1) is 31.4 Å². The number of methoxy groups -OCH3 is 2. The largest absolute Gasteiger partial charge is 0.493 e. The minimum atomic E-state index is -0.195. The summed E-state index contributed by atoms with van der Waals surface area (Å²) in [5.74, 6) is 1.17. The molecule has 5 heteroatoms. The summed E-state index contributed by atoms with van der Waals surface area (Å²) in [6.07, 6.45) is 3.04. The predicted molar refractivity (Wildman–Crippen MR) is 104 cm³/mol. The zero-order valence-corrected chi connectivity index (χ0v) is 16.5. The number of benzene rings is 2. The Morgan fingerprint density at radius 2 is 1.81 bits per heavy atom. The van der Waals surface area contributed by atoms with Gasteiger partial charge in [0.1, 0.15) is 0 Å². The second-order valence-electron chi connectivity index (χ2n) is 6.00. The fourth-order valence-electron chi connectivity index (χ4n) is 2.81. The van der Waals surface area contributed by atoms with E-state index in [0.29, 0.717) is 40.0 Å². The van der Waals surface area contributed by atoms with Crippen molar-refractivity contribution in [1.29, 1.82) is 0 Å². The molecule has 0 unspecified atom stereocenters. The van der Waals surface area contributed by atoms with Crippen LogP contribution in [-0.4, -0.2) is 26.6 Å². The van der Waals surface area contributed by atoms with E-state index < -0.39 is 0 Å². The number of carbonyl (C=O) groups is 1. The van der Waals surface area contributed by atoms with Gasteiger partial charge in [-0.15, -0.1) is 0 Å². The third-order valence-corrected chi connectivity index (χ3v) is 4.49. The first-order valence-corrected chi connectivity index (χ1v) is 9.10. The summed E-state index contributed by atoms with van der Waals surface area (Å²) in [7, 11) is 3.10. The molecular weight excluding hydrogens is 352 g/mol. The molecule has 0 fully saturated rings. The molecule has 0 aliphatic carbocycles. The van der Waals surface area contributed by atoms with Crippen LogP contribution in [0.3, 0.4) is 0 Å². The van der Waals surface area contributed by atoms with Crippen molar-refractivity contribution >= 4 is 17.4 Å². The van der Waals surface area contributed by atoms with E-state index in [1.807, 2.05) is 6.92 Å². The van der Waals surface area contributed by atoms with E-state index in [1.54, 1.807) is 37.4 Å². The van der Waals surface area contributed by atoms with Crippen LogP contribution in [0.5, 0.6) is 17.2 Å². The van der Waals surface area contributed by atoms with Crippen molar-refractivity contribution in [3.8, 4) is 17.2 Å². The summed E-state index contributed by atoms with van der Waals surface area (Å²) in [4.78, 5) is 13.2. The van der Waals surface area contributed by atoms with Crippen molar-refractivity contribution in [2.75, 3.05) is 20.8 Å². The summed E-state index contributed by atoms with van der Waals surface area (Å²) >= 11 is 6.23. The van der Waals surface area contributed by atoms with Gasteiger partial charge in [-0.25, -0.2) is 0 Å². The third kappa shape index (κ3) is 4.31. The lowest BCUT2D eigenvalue weighted by Gasteiger charge is -2.19. The van der Waals surface area contributed by atoms with E-state index in [2.05, 4.69) is 6.92 Å². The van der Waals surface area contributed by atoms with Crippen LogP contribution in [0.25, 0.3) is 0 Å². The zero-order chi connectivity index (χ0) is 19.1. The number of halogens is 1. The van der Waals surface area contributed by atoms with Crippen LogP contribution in [0.4, 0.5) is 0 Å². The smallest absolute Gasteiger partial charge is 0.204 e. The van der Waals surface area contributed by atoms with E-state index in [0.717, 1.165) is 24.8 Å². The molecule has 140 valence electrons. The Morgan fingerprint density at radius 3 is 2.42 bits per heavy atom. The molecule has 0 spiro atoms. The van der Waals surface area contributed by atoms with Crippen LogP contribution in [0.1, 0.15) is 47.7 Å². The molecule has 0 heterocycles. The lowest BCUT2D eigenvalue weighted by atomic mass is 9.97. The predicted octanol–water partition coefficient (Wildman–Crippen LogP) is 5.47. The van der Waals surface area contributed by atoms with Gasteiger partial charge in [0.2, 0.25) is 5.75 Å². The Bertz CT molecular complexity index is 771. The summed E-state index contributed by atoms with van der Waals surface area (Å²) < 4.78 is 16.9. The van der Waals surface area contributed by atoms with Crippen LogP contribution in [-0.2, 0) is 0 Å². The number of ketones is 1. The van der Waals surface area contributed by atoms with Crippen molar-refractivity contribution in [2.45, 2.75) is 33.1 Å². The average Bonchev–Trinajstić information content (AvgIpc) is 2.64. The van der Waals surface area contributed by atoms with Gasteiger partial charge in [-0.1, -0.05) is 43.5 Å². The molecule has 0 bridgehead atoms. The molecule has 2 rings (SSSR count). The van der Waals surface area contributed by atoms with E-state index in [9.17, 15) is 4.79 Å². The summed E-state index contributed by atoms with van der Waals surface area (Å²) in [6, 6.07) is 8.77. The first-order chi connectivity index (χ1) is 12.5. The molecule has 26 heavy (non-hydrogen) atoms. The molecule has 0 aromatic heterocycles. The maximum absolute atomic E-state index is 13.2. The maximum atomic E-state index is 13.2. The first kappa shape index (κ1) is 20.1. The topological polar surface area (TPSA) is 44.8 Å². The highest BCUT2D eigenvalue weighted by atomic mass is 35.5. The fourth-order valence-corrected chi connectivity index (χ4v) is 3.03. The summed E-state index contributed by atoms with van der Waals surface area (Å²) in [5, 5.41) is 0.406. The quantitative estimate of drug-likeness (QED) is 0.430. The van der Waals surface area contributed by atoms with Crippen molar-refractivity contribution in [1.82, 2.24) is 0 Å². The van der Waals surface area contributed by atoms with Gasteiger partial charge in [-0.3, -0.25) is 4.79 Å². The molecule has 0 amide bonds.